The molecule has 0 aliphatic carbocycles. The summed E-state index contributed by atoms with van der Waals surface area (Å²) in [6.07, 6.45) is 3.36. The average Bonchev–Trinajstić information content (AvgIpc) is 3.26. The molecule has 1 saturated heterocycles. The second-order valence-electron chi connectivity index (χ2n) is 8.60. The van der Waals surface area contributed by atoms with E-state index in [4.69, 9.17) is 17.3 Å². The van der Waals surface area contributed by atoms with Crippen LogP contribution >= 0.6 is 0 Å². The highest BCUT2D eigenvalue weighted by molar-refractivity contribution is 5.88. The molecule has 1 aliphatic rings. The third kappa shape index (κ3) is 4.39. The molecule has 1 aliphatic heterocycles. The van der Waals surface area contributed by atoms with Crippen molar-refractivity contribution in [1.82, 2.24) is 19.7 Å². The van der Waals surface area contributed by atoms with Gasteiger partial charge in [-0.3, -0.25) is 14.5 Å². The predicted molar refractivity (Wildman–Crippen MR) is 132 cm³/mol. The summed E-state index contributed by atoms with van der Waals surface area (Å²) in [4.78, 5) is 26.3. The number of halogens is 1. The highest BCUT2D eigenvalue weighted by Gasteiger charge is 2.22. The van der Waals surface area contributed by atoms with E-state index < -0.39 is 5.82 Å². The van der Waals surface area contributed by atoms with E-state index in [2.05, 4.69) is 14.9 Å². The molecule has 2 aromatic carbocycles. The van der Waals surface area contributed by atoms with Crippen molar-refractivity contribution in [2.24, 2.45) is 5.73 Å². The molecule has 2 aromatic heterocycles. The lowest BCUT2D eigenvalue weighted by Crippen LogP contribution is -2.41. The quantitative estimate of drug-likeness (QED) is 0.384. The van der Waals surface area contributed by atoms with Gasteiger partial charge >= 0.3 is 0 Å². The standard InChI is InChI=1S/C25H24FN7O2/c1-28-21-5-3-16(13-19(21)26)23-22(15-2-4-20-17(12-15)14-33(31-20)10-11-34)24(35)30-25(29-23)32-8-6-18(27)7-9-32/h2-5,12-14,18,34H,6-11,27H2,(H,29,30,35). The lowest BCUT2D eigenvalue weighted by atomic mass is 9.99. The van der Waals surface area contributed by atoms with E-state index in [9.17, 15) is 14.3 Å². The zero-order valence-electron chi connectivity index (χ0n) is 18.9. The first-order valence-electron chi connectivity index (χ1n) is 11.4. The maximum atomic E-state index is 14.6. The summed E-state index contributed by atoms with van der Waals surface area (Å²) in [6.45, 7) is 8.77. The largest absolute Gasteiger partial charge is 0.394 e. The van der Waals surface area contributed by atoms with Gasteiger partial charge in [-0.1, -0.05) is 18.2 Å². The Kier molecular flexibility index (Phi) is 6.03. The Morgan fingerprint density at radius 1 is 1.20 bits per heavy atom. The number of aliphatic hydroxyl groups excluding tert-OH is 1. The second-order valence-corrected chi connectivity index (χ2v) is 8.60. The smallest absolute Gasteiger partial charge is 0.260 e. The number of piperidine rings is 1. The van der Waals surface area contributed by atoms with Crippen molar-refractivity contribution in [1.29, 1.82) is 0 Å². The molecule has 0 spiro atoms. The van der Waals surface area contributed by atoms with E-state index in [0.29, 0.717) is 48.0 Å². The number of hydrogen-bond donors (Lipinski definition) is 3. The molecule has 0 unspecified atom stereocenters. The average molecular weight is 474 g/mol. The number of aromatic amines is 1. The molecule has 9 nitrogen and oxygen atoms in total. The molecule has 3 heterocycles. The Hall–Kier alpha value is -4.07. The molecule has 178 valence electrons. The summed E-state index contributed by atoms with van der Waals surface area (Å²) in [5.41, 5.74) is 7.95. The van der Waals surface area contributed by atoms with Gasteiger partial charge in [0.2, 0.25) is 11.6 Å². The van der Waals surface area contributed by atoms with Crippen LogP contribution in [0.25, 0.3) is 38.1 Å². The molecule has 35 heavy (non-hydrogen) atoms. The molecular formula is C25H24FN7O2. The second kappa shape index (κ2) is 9.29. The monoisotopic (exact) mass is 473 g/mol. The van der Waals surface area contributed by atoms with Crippen molar-refractivity contribution in [2.75, 3.05) is 24.6 Å². The number of hydrogen-bond acceptors (Lipinski definition) is 6. The van der Waals surface area contributed by atoms with Crippen LogP contribution in [-0.4, -0.2) is 50.6 Å². The molecule has 0 atom stereocenters. The van der Waals surface area contributed by atoms with Crippen LogP contribution in [-0.2, 0) is 6.54 Å². The van der Waals surface area contributed by atoms with E-state index in [0.717, 1.165) is 23.7 Å². The zero-order chi connectivity index (χ0) is 24.5. The molecular weight excluding hydrogens is 449 g/mol. The fourth-order valence-corrected chi connectivity index (χ4v) is 4.39. The predicted octanol–water partition coefficient (Wildman–Crippen LogP) is 3.06. The third-order valence-corrected chi connectivity index (χ3v) is 6.26. The molecule has 5 rings (SSSR count). The van der Waals surface area contributed by atoms with Crippen LogP contribution in [0.4, 0.5) is 16.0 Å². The van der Waals surface area contributed by atoms with Gasteiger partial charge in [-0.15, -0.1) is 0 Å². The summed E-state index contributed by atoms with van der Waals surface area (Å²) < 4.78 is 16.2. The maximum Gasteiger partial charge on any atom is 0.260 e. The zero-order valence-corrected chi connectivity index (χ0v) is 18.9. The highest BCUT2D eigenvalue weighted by atomic mass is 19.1. The summed E-state index contributed by atoms with van der Waals surface area (Å²) in [5, 5.41) is 14.4. The first-order valence-corrected chi connectivity index (χ1v) is 11.4. The maximum absolute atomic E-state index is 14.6. The molecule has 4 aromatic rings. The fraction of sp³-hybridized carbons (Fsp3) is 0.280. The third-order valence-electron chi connectivity index (χ3n) is 6.26. The van der Waals surface area contributed by atoms with Gasteiger partial charge in [0.15, 0.2) is 0 Å². The van der Waals surface area contributed by atoms with Crippen LogP contribution in [0.2, 0.25) is 0 Å². The minimum atomic E-state index is -0.670. The van der Waals surface area contributed by atoms with Crippen LogP contribution in [0, 0.1) is 12.4 Å². The topological polar surface area (TPSA) is 117 Å². The van der Waals surface area contributed by atoms with Gasteiger partial charge in [0.05, 0.1) is 36.5 Å². The van der Waals surface area contributed by atoms with Crippen LogP contribution < -0.4 is 16.2 Å². The van der Waals surface area contributed by atoms with Gasteiger partial charge < -0.3 is 15.7 Å². The van der Waals surface area contributed by atoms with Crippen molar-refractivity contribution >= 4 is 22.5 Å². The van der Waals surface area contributed by atoms with Gasteiger partial charge in [0.1, 0.15) is 5.82 Å². The van der Waals surface area contributed by atoms with Gasteiger partial charge in [-0.05, 0) is 36.6 Å². The number of anilines is 1. The minimum absolute atomic E-state index is 0.0381. The lowest BCUT2D eigenvalue weighted by molar-refractivity contribution is 0.270. The Balaban J connectivity index is 1.67. The SMILES string of the molecule is [C-]#[N+]c1ccc(-c2nc(N3CCC(N)CC3)[nH]c(=O)c2-c2ccc3nn(CCO)cc3c2)cc1F. The summed E-state index contributed by atoms with van der Waals surface area (Å²) in [7, 11) is 0. The van der Waals surface area contributed by atoms with E-state index in [-0.39, 0.29) is 23.9 Å². The Labute approximate surface area is 200 Å². The van der Waals surface area contributed by atoms with Gasteiger partial charge in [-0.2, -0.15) is 5.10 Å². The normalized spacial score (nSPS) is 14.4. The summed E-state index contributed by atoms with van der Waals surface area (Å²) >= 11 is 0. The van der Waals surface area contributed by atoms with Crippen LogP contribution in [0.1, 0.15) is 12.8 Å². The van der Waals surface area contributed by atoms with Crippen molar-refractivity contribution in [3.05, 3.63) is 70.2 Å². The molecule has 4 N–H and O–H groups in total. The summed E-state index contributed by atoms with van der Waals surface area (Å²) in [5.74, 6) is -0.260. The van der Waals surface area contributed by atoms with E-state index in [1.807, 2.05) is 11.0 Å². The fourth-order valence-electron chi connectivity index (χ4n) is 4.39. The number of H-pyrrole nitrogens is 1. The van der Waals surface area contributed by atoms with E-state index in [1.165, 1.54) is 12.1 Å². The van der Waals surface area contributed by atoms with Crippen molar-refractivity contribution in [2.45, 2.75) is 25.4 Å². The van der Waals surface area contributed by atoms with Crippen molar-refractivity contribution in [3.63, 3.8) is 0 Å². The number of rotatable bonds is 5. The van der Waals surface area contributed by atoms with Crippen LogP contribution in [0.15, 0.2) is 47.4 Å². The minimum Gasteiger partial charge on any atom is -0.394 e. The molecule has 0 saturated carbocycles. The number of fused-ring (bicyclic) bond motifs is 1. The van der Waals surface area contributed by atoms with Crippen molar-refractivity contribution < 1.29 is 9.50 Å². The highest BCUT2D eigenvalue weighted by Crippen LogP contribution is 2.33. The Bertz CT molecular complexity index is 1500. The first-order chi connectivity index (χ1) is 17.0. The summed E-state index contributed by atoms with van der Waals surface area (Å²) in [6, 6.07) is 9.76. The van der Waals surface area contributed by atoms with Crippen molar-refractivity contribution in [3.8, 4) is 22.4 Å². The van der Waals surface area contributed by atoms with E-state index >= 15 is 0 Å². The molecule has 0 bridgehead atoms. The van der Waals surface area contributed by atoms with E-state index in [1.54, 1.807) is 29.1 Å². The van der Waals surface area contributed by atoms with Crippen LogP contribution in [0.5, 0.6) is 0 Å². The Morgan fingerprint density at radius 3 is 2.69 bits per heavy atom. The molecule has 1 fully saturated rings. The van der Waals surface area contributed by atoms with Gasteiger partial charge in [0, 0.05) is 36.3 Å². The molecule has 10 heteroatoms. The lowest BCUT2D eigenvalue weighted by Gasteiger charge is -2.30. The first kappa shape index (κ1) is 22.7. The Morgan fingerprint density at radius 2 is 1.97 bits per heavy atom. The molecule has 0 radical (unpaired) electrons. The number of nitrogens with zero attached hydrogens (tertiary/aromatic N) is 5. The number of nitrogens with two attached hydrogens (primary N) is 1. The number of aromatic nitrogens is 4. The van der Waals surface area contributed by atoms with Gasteiger partial charge in [0.25, 0.3) is 5.56 Å². The number of aliphatic hydroxyl groups is 1. The number of benzene rings is 2. The van der Waals surface area contributed by atoms with Crippen LogP contribution in [0.3, 0.4) is 0 Å². The molecule has 0 amide bonds. The number of nitrogens with one attached hydrogen (secondary N) is 1. The van der Waals surface area contributed by atoms with Gasteiger partial charge in [-0.25, -0.2) is 14.2 Å².